The van der Waals surface area contributed by atoms with Crippen molar-refractivity contribution in [1.82, 2.24) is 0 Å². The summed E-state index contributed by atoms with van der Waals surface area (Å²) in [4.78, 5) is 13.5. The Balaban J connectivity index is 1.73. The van der Waals surface area contributed by atoms with Crippen LogP contribution >= 0.6 is 22.9 Å². The van der Waals surface area contributed by atoms with Crippen molar-refractivity contribution in [3.63, 3.8) is 0 Å². The van der Waals surface area contributed by atoms with Crippen LogP contribution in [-0.2, 0) is 14.6 Å². The van der Waals surface area contributed by atoms with E-state index in [1.807, 2.05) is 38.1 Å². The standard InChI is InChI=1S/C22H20ClNO4S2/c1-13(2)28-16-7-3-14(4-8-16)18-11-20(25)24-21-19(12-29-22(18)21)30(26,27)17-9-5-15(23)6-10-17/h3-10,12-13,18H,11H2,1-2H3,(H,24,25)/t18-/m1/s1. The summed E-state index contributed by atoms with van der Waals surface area (Å²) in [6.45, 7) is 3.92. The summed E-state index contributed by atoms with van der Waals surface area (Å²) in [6, 6.07) is 13.6. The number of ether oxygens (including phenoxy) is 1. The van der Waals surface area contributed by atoms with Gasteiger partial charge in [0.25, 0.3) is 0 Å². The number of thiophene rings is 1. The maximum Gasteiger partial charge on any atom is 0.225 e. The van der Waals surface area contributed by atoms with Gasteiger partial charge in [-0.3, -0.25) is 4.79 Å². The van der Waals surface area contributed by atoms with Gasteiger partial charge in [0.15, 0.2) is 0 Å². The number of nitrogens with one attached hydrogen (secondary N) is 1. The van der Waals surface area contributed by atoms with Crippen LogP contribution in [0.1, 0.15) is 36.6 Å². The Hall–Kier alpha value is -2.35. The summed E-state index contributed by atoms with van der Waals surface area (Å²) in [7, 11) is -3.79. The molecule has 1 aliphatic rings. The zero-order valence-electron chi connectivity index (χ0n) is 16.4. The molecule has 1 N–H and O–H groups in total. The van der Waals surface area contributed by atoms with Crippen molar-refractivity contribution in [2.75, 3.05) is 5.32 Å². The van der Waals surface area contributed by atoms with Crippen molar-refractivity contribution in [1.29, 1.82) is 0 Å². The second-order valence-corrected chi connectivity index (χ2v) is 10.6. The number of benzene rings is 2. The van der Waals surface area contributed by atoms with E-state index in [0.29, 0.717) is 10.7 Å². The van der Waals surface area contributed by atoms with Crippen molar-refractivity contribution < 1.29 is 17.9 Å². The minimum absolute atomic E-state index is 0.0702. The summed E-state index contributed by atoms with van der Waals surface area (Å²) in [6.07, 6.45) is 0.332. The summed E-state index contributed by atoms with van der Waals surface area (Å²) in [5.74, 6) is 0.341. The van der Waals surface area contributed by atoms with E-state index in [9.17, 15) is 13.2 Å². The number of hydrogen-bond donors (Lipinski definition) is 1. The first-order valence-electron chi connectivity index (χ1n) is 9.44. The Morgan fingerprint density at radius 3 is 2.40 bits per heavy atom. The molecular weight excluding hydrogens is 442 g/mol. The summed E-state index contributed by atoms with van der Waals surface area (Å²) < 4.78 is 32.0. The Labute approximate surface area is 184 Å². The van der Waals surface area contributed by atoms with Crippen molar-refractivity contribution in [3.05, 3.63) is 69.4 Å². The fraction of sp³-hybridized carbons (Fsp3) is 0.227. The Morgan fingerprint density at radius 1 is 1.10 bits per heavy atom. The molecule has 2 aromatic carbocycles. The molecule has 30 heavy (non-hydrogen) atoms. The molecule has 1 aromatic heterocycles. The second kappa shape index (κ2) is 8.06. The number of anilines is 1. The van der Waals surface area contributed by atoms with Gasteiger partial charge in [0, 0.05) is 27.6 Å². The number of fused-ring (bicyclic) bond motifs is 1. The lowest BCUT2D eigenvalue weighted by Gasteiger charge is -2.24. The predicted octanol–water partition coefficient (Wildman–Crippen LogP) is 5.50. The molecule has 0 unspecified atom stereocenters. The molecule has 1 amide bonds. The number of halogens is 1. The van der Waals surface area contributed by atoms with Gasteiger partial charge in [-0.1, -0.05) is 23.7 Å². The van der Waals surface area contributed by atoms with Gasteiger partial charge >= 0.3 is 0 Å². The molecule has 4 rings (SSSR count). The third-order valence-corrected chi connectivity index (χ3v) is 8.11. The van der Waals surface area contributed by atoms with Crippen LogP contribution in [-0.4, -0.2) is 20.4 Å². The highest BCUT2D eigenvalue weighted by Gasteiger charge is 2.34. The van der Waals surface area contributed by atoms with Crippen LogP contribution in [0.15, 0.2) is 63.7 Å². The lowest BCUT2D eigenvalue weighted by atomic mass is 9.90. The molecular formula is C22H20ClNO4S2. The highest BCUT2D eigenvalue weighted by atomic mass is 35.5. The van der Waals surface area contributed by atoms with Crippen molar-refractivity contribution in [2.24, 2.45) is 0 Å². The average Bonchev–Trinajstić information content (AvgIpc) is 3.12. The van der Waals surface area contributed by atoms with Crippen LogP contribution < -0.4 is 10.1 Å². The molecule has 0 bridgehead atoms. The monoisotopic (exact) mass is 461 g/mol. The van der Waals surface area contributed by atoms with Gasteiger partial charge in [-0.2, -0.15) is 0 Å². The largest absolute Gasteiger partial charge is 0.491 e. The molecule has 0 aliphatic carbocycles. The highest BCUT2D eigenvalue weighted by Crippen LogP contribution is 2.46. The molecule has 0 saturated carbocycles. The van der Waals surface area contributed by atoms with Gasteiger partial charge in [-0.15, -0.1) is 11.3 Å². The minimum Gasteiger partial charge on any atom is -0.491 e. The fourth-order valence-electron chi connectivity index (χ4n) is 3.46. The van der Waals surface area contributed by atoms with E-state index in [1.165, 1.54) is 35.6 Å². The zero-order valence-corrected chi connectivity index (χ0v) is 18.8. The number of sulfone groups is 1. The average molecular weight is 462 g/mol. The van der Waals surface area contributed by atoms with Crippen molar-refractivity contribution >= 4 is 44.4 Å². The lowest BCUT2D eigenvalue weighted by Crippen LogP contribution is -2.23. The first-order chi connectivity index (χ1) is 14.3. The molecule has 1 atom stereocenters. The Bertz CT molecular complexity index is 1180. The van der Waals surface area contributed by atoms with Gasteiger partial charge in [0.2, 0.25) is 15.7 Å². The minimum atomic E-state index is -3.79. The number of hydrogen-bond acceptors (Lipinski definition) is 5. The van der Waals surface area contributed by atoms with Gasteiger partial charge < -0.3 is 10.1 Å². The molecule has 156 valence electrons. The number of rotatable bonds is 5. The van der Waals surface area contributed by atoms with E-state index in [0.717, 1.165) is 16.2 Å². The molecule has 0 saturated heterocycles. The predicted molar refractivity (Wildman–Crippen MR) is 119 cm³/mol. The van der Waals surface area contributed by atoms with Crippen molar-refractivity contribution in [2.45, 2.75) is 42.1 Å². The maximum absolute atomic E-state index is 13.2. The van der Waals surface area contributed by atoms with Crippen LogP contribution in [0.5, 0.6) is 5.75 Å². The van der Waals surface area contributed by atoms with Crippen LogP contribution in [0.3, 0.4) is 0 Å². The van der Waals surface area contributed by atoms with Gasteiger partial charge in [-0.05, 0) is 55.8 Å². The molecule has 0 radical (unpaired) electrons. The molecule has 0 spiro atoms. The highest BCUT2D eigenvalue weighted by molar-refractivity contribution is 7.91. The SMILES string of the molecule is CC(C)Oc1ccc([C@H]2CC(=O)Nc3c(S(=O)(=O)c4ccc(Cl)cc4)csc32)cc1. The summed E-state index contributed by atoms with van der Waals surface area (Å²) in [5.41, 5.74) is 1.32. The van der Waals surface area contributed by atoms with E-state index in [1.54, 1.807) is 5.38 Å². The van der Waals surface area contributed by atoms with Gasteiger partial charge in [0.1, 0.15) is 10.6 Å². The maximum atomic E-state index is 13.2. The van der Waals surface area contributed by atoms with E-state index >= 15 is 0 Å². The third kappa shape index (κ3) is 3.97. The van der Waals surface area contributed by atoms with E-state index in [4.69, 9.17) is 16.3 Å². The van der Waals surface area contributed by atoms with Crippen LogP contribution in [0, 0.1) is 0 Å². The second-order valence-electron chi connectivity index (χ2n) is 7.34. The quantitative estimate of drug-likeness (QED) is 0.544. The van der Waals surface area contributed by atoms with E-state index in [2.05, 4.69) is 5.32 Å². The first kappa shape index (κ1) is 20.9. The molecule has 5 nitrogen and oxygen atoms in total. The third-order valence-electron chi connectivity index (χ3n) is 4.82. The molecule has 8 heteroatoms. The van der Waals surface area contributed by atoms with Gasteiger partial charge in [0.05, 0.1) is 16.7 Å². The van der Waals surface area contributed by atoms with Gasteiger partial charge in [-0.25, -0.2) is 8.42 Å². The molecule has 3 aromatic rings. The zero-order chi connectivity index (χ0) is 21.5. The van der Waals surface area contributed by atoms with Crippen LogP contribution in [0.4, 0.5) is 5.69 Å². The number of carbonyl (C=O) groups is 1. The number of amides is 1. The van der Waals surface area contributed by atoms with E-state index < -0.39 is 9.84 Å². The normalized spacial score (nSPS) is 16.3. The number of carbonyl (C=O) groups excluding carboxylic acids is 1. The fourth-order valence-corrected chi connectivity index (χ4v) is 6.50. The first-order valence-corrected chi connectivity index (χ1v) is 12.2. The summed E-state index contributed by atoms with van der Waals surface area (Å²) >= 11 is 7.23. The lowest BCUT2D eigenvalue weighted by molar-refractivity contribution is -0.116. The summed E-state index contributed by atoms with van der Waals surface area (Å²) in [5, 5.41) is 4.83. The smallest absolute Gasteiger partial charge is 0.225 e. The Kier molecular flexibility index (Phi) is 5.61. The van der Waals surface area contributed by atoms with Crippen molar-refractivity contribution in [3.8, 4) is 5.75 Å². The van der Waals surface area contributed by atoms with Crippen LogP contribution in [0.2, 0.25) is 5.02 Å². The molecule has 1 aliphatic heterocycles. The molecule has 0 fully saturated rings. The Morgan fingerprint density at radius 2 is 1.77 bits per heavy atom. The molecule has 2 heterocycles. The topological polar surface area (TPSA) is 72.5 Å². The van der Waals surface area contributed by atoms with E-state index in [-0.39, 0.29) is 34.1 Å². The van der Waals surface area contributed by atoms with Crippen LogP contribution in [0.25, 0.3) is 0 Å².